The van der Waals surface area contributed by atoms with E-state index in [9.17, 15) is 15.0 Å². The first-order valence-corrected chi connectivity index (χ1v) is 8.50. The van der Waals surface area contributed by atoms with Crippen molar-refractivity contribution in [1.82, 2.24) is 0 Å². The molecule has 0 aliphatic rings. The maximum atomic E-state index is 11.3. The summed E-state index contributed by atoms with van der Waals surface area (Å²) in [5, 5.41) is 24.1. The minimum absolute atomic E-state index is 0.00525. The maximum absolute atomic E-state index is 11.3. The Hall–Kier alpha value is -4.58. The molecule has 0 aliphatic heterocycles. The second kappa shape index (κ2) is 12.8. The van der Waals surface area contributed by atoms with Gasteiger partial charge in [0, 0.05) is 50.9 Å². The first-order chi connectivity index (χ1) is 14.9. The zero-order valence-corrected chi connectivity index (χ0v) is 16.1. The molecule has 0 unspecified atom stereocenters. The molecule has 0 aliphatic carbocycles. The molecule has 0 bridgehead atoms. The number of anilines is 1. The van der Waals surface area contributed by atoms with E-state index in [2.05, 4.69) is 40.2 Å². The van der Waals surface area contributed by atoms with Crippen molar-refractivity contribution < 1.29 is 9.66 Å². The highest BCUT2D eigenvalue weighted by molar-refractivity contribution is 5.89. The molecular weight excluding hydrogens is 414 g/mol. The first-order valence-electron chi connectivity index (χ1n) is 8.50. The molecule has 17 heteroatoms. The molecule has 1 aromatic carbocycles. The Morgan fingerprint density at radius 3 is 2.32 bits per heavy atom. The summed E-state index contributed by atoms with van der Waals surface area (Å²) in [6.45, 7) is -0.733. The van der Waals surface area contributed by atoms with Crippen molar-refractivity contribution in [2.45, 2.75) is 12.0 Å². The number of nitrogens with zero attached hydrogens (tertiary/aromatic N) is 12. The van der Waals surface area contributed by atoms with E-state index in [0.717, 1.165) is 6.07 Å². The largest absolute Gasteiger partial charge is 0.487 e. The van der Waals surface area contributed by atoms with Gasteiger partial charge in [0.25, 0.3) is 0 Å². The molecule has 0 amide bonds. The average Bonchev–Trinajstić information content (AvgIpc) is 2.76. The minimum Gasteiger partial charge on any atom is -0.487 e. The molecule has 0 aromatic heterocycles. The molecule has 0 spiro atoms. The van der Waals surface area contributed by atoms with Crippen molar-refractivity contribution >= 4 is 17.6 Å². The third-order valence-corrected chi connectivity index (χ3v) is 3.86. The highest BCUT2D eigenvalue weighted by Crippen LogP contribution is 2.31. The zero-order chi connectivity index (χ0) is 23.1. The van der Waals surface area contributed by atoms with Gasteiger partial charge in [-0.15, -0.1) is 0 Å². The number of nitrogens with two attached hydrogens (primary N) is 1. The van der Waals surface area contributed by atoms with Crippen LogP contribution in [0.25, 0.3) is 31.3 Å². The van der Waals surface area contributed by atoms with Crippen LogP contribution in [0, 0.1) is 15.0 Å². The van der Waals surface area contributed by atoms with E-state index >= 15 is 0 Å². The van der Waals surface area contributed by atoms with E-state index in [1.807, 2.05) is 0 Å². The molecule has 0 fully saturated rings. The molecule has 1 rings (SSSR count). The average molecular weight is 431 g/mol. The molecule has 31 heavy (non-hydrogen) atoms. The van der Waals surface area contributed by atoms with Gasteiger partial charge in [0.1, 0.15) is 5.54 Å². The fourth-order valence-electron chi connectivity index (χ4n) is 2.29. The van der Waals surface area contributed by atoms with Gasteiger partial charge in [-0.2, -0.15) is 4.91 Å². The number of ether oxygens (including phenoxy) is 1. The van der Waals surface area contributed by atoms with Crippen molar-refractivity contribution in [3.8, 4) is 5.75 Å². The summed E-state index contributed by atoms with van der Waals surface area (Å²) in [6, 6.07) is 2.41. The van der Waals surface area contributed by atoms with Gasteiger partial charge in [-0.25, -0.2) is 0 Å². The van der Waals surface area contributed by atoms with Crippen molar-refractivity contribution in [2.75, 3.05) is 38.5 Å². The van der Waals surface area contributed by atoms with Crippen LogP contribution in [0.2, 0.25) is 0 Å². The SMILES string of the molecule is [N-]=[N+]=NCCOc1cc(N)c(C=NCCC(CN=[N+]=[N-])(CN=[N+]=[N-])N=O)cc1[N+](=O)[O-]. The highest BCUT2D eigenvalue weighted by atomic mass is 16.6. The maximum Gasteiger partial charge on any atom is 0.311 e. The number of nitro groups is 1. The summed E-state index contributed by atoms with van der Waals surface area (Å²) in [5.74, 6) is -0.0966. The van der Waals surface area contributed by atoms with Crippen LogP contribution in [-0.4, -0.2) is 49.5 Å². The lowest BCUT2D eigenvalue weighted by atomic mass is 9.97. The van der Waals surface area contributed by atoms with Crippen LogP contribution in [-0.2, 0) is 0 Å². The number of rotatable bonds is 14. The summed E-state index contributed by atoms with van der Waals surface area (Å²) in [6.07, 6.45) is 1.26. The lowest BCUT2D eigenvalue weighted by Crippen LogP contribution is -2.34. The Kier molecular flexibility index (Phi) is 10.1. The quantitative estimate of drug-likeness (QED) is 0.0528. The van der Waals surface area contributed by atoms with Gasteiger partial charge in [-0.1, -0.05) is 20.5 Å². The van der Waals surface area contributed by atoms with Gasteiger partial charge >= 0.3 is 5.69 Å². The number of hydrogen-bond donors (Lipinski definition) is 1. The van der Waals surface area contributed by atoms with E-state index in [0.29, 0.717) is 0 Å². The lowest BCUT2D eigenvalue weighted by molar-refractivity contribution is -0.385. The summed E-state index contributed by atoms with van der Waals surface area (Å²) < 4.78 is 5.24. The van der Waals surface area contributed by atoms with E-state index in [4.69, 9.17) is 27.1 Å². The number of nitrogen functional groups attached to an aromatic ring is 1. The van der Waals surface area contributed by atoms with Crippen LogP contribution in [0.3, 0.4) is 0 Å². The van der Waals surface area contributed by atoms with Gasteiger partial charge in [0.05, 0.1) is 31.2 Å². The number of azide groups is 3. The Balaban J connectivity index is 2.99. The smallest absolute Gasteiger partial charge is 0.311 e. The number of nitro benzene ring substituents is 1. The molecule has 0 atom stereocenters. The molecular formula is C14H17N13O4. The number of nitroso groups, excluding NO2 is 1. The molecule has 17 nitrogen and oxygen atoms in total. The van der Waals surface area contributed by atoms with Gasteiger partial charge in [0.15, 0.2) is 5.75 Å². The minimum atomic E-state index is -1.46. The first kappa shape index (κ1) is 24.5. The fourth-order valence-corrected chi connectivity index (χ4v) is 2.29. The normalized spacial score (nSPS) is 12.0. The molecule has 0 heterocycles. The molecule has 2 N–H and O–H groups in total. The van der Waals surface area contributed by atoms with E-state index in [-0.39, 0.29) is 61.9 Å². The predicted molar refractivity (Wildman–Crippen MR) is 111 cm³/mol. The lowest BCUT2D eigenvalue weighted by Gasteiger charge is -2.20. The molecule has 0 saturated carbocycles. The second-order valence-electron chi connectivity index (χ2n) is 5.89. The van der Waals surface area contributed by atoms with Crippen LogP contribution in [0.4, 0.5) is 11.4 Å². The van der Waals surface area contributed by atoms with Crippen LogP contribution in [0.1, 0.15) is 12.0 Å². The molecule has 1 aromatic rings. The molecule has 0 saturated heterocycles. The third kappa shape index (κ3) is 7.75. The number of hydrogen-bond acceptors (Lipinski definition) is 10. The van der Waals surface area contributed by atoms with E-state index in [1.165, 1.54) is 12.3 Å². The third-order valence-electron chi connectivity index (χ3n) is 3.86. The second-order valence-corrected chi connectivity index (χ2v) is 5.89. The topological polar surface area (TPSA) is 266 Å². The van der Waals surface area contributed by atoms with Gasteiger partial charge in [-0.05, 0) is 23.0 Å². The number of aliphatic imine (C=N–C) groups is 1. The Morgan fingerprint density at radius 2 is 1.77 bits per heavy atom. The number of benzene rings is 1. The van der Waals surface area contributed by atoms with Gasteiger partial charge in [0.2, 0.25) is 0 Å². The van der Waals surface area contributed by atoms with Crippen LogP contribution < -0.4 is 10.5 Å². The fraction of sp³-hybridized carbons (Fsp3) is 0.500. The van der Waals surface area contributed by atoms with E-state index < -0.39 is 10.5 Å². The Labute approximate surface area is 173 Å². The van der Waals surface area contributed by atoms with Crippen LogP contribution in [0.15, 0.2) is 37.6 Å². The summed E-state index contributed by atoms with van der Waals surface area (Å²) in [7, 11) is 0. The summed E-state index contributed by atoms with van der Waals surface area (Å²) in [4.78, 5) is 33.6. The summed E-state index contributed by atoms with van der Waals surface area (Å²) in [5.41, 5.74) is 29.6. The van der Waals surface area contributed by atoms with Gasteiger partial charge < -0.3 is 10.5 Å². The highest BCUT2D eigenvalue weighted by Gasteiger charge is 2.30. The molecule has 0 radical (unpaired) electrons. The van der Waals surface area contributed by atoms with Crippen molar-refractivity contribution in [2.24, 2.45) is 25.5 Å². The Morgan fingerprint density at radius 1 is 1.13 bits per heavy atom. The van der Waals surface area contributed by atoms with Crippen molar-refractivity contribution in [1.29, 1.82) is 0 Å². The standard InChI is InChI=1S/C14H17N13O4/c15-11-6-13(31-4-3-20-24-16)12(27(29)30)5-10(11)7-19-2-1-14(23-28,8-21-25-17)9-22-26-18/h5-7H,1-4,8-9,15H2. The summed E-state index contributed by atoms with van der Waals surface area (Å²) >= 11 is 0. The Bertz CT molecular complexity index is 955. The van der Waals surface area contributed by atoms with Crippen LogP contribution in [0.5, 0.6) is 5.75 Å². The van der Waals surface area contributed by atoms with Crippen LogP contribution >= 0.6 is 0 Å². The predicted octanol–water partition coefficient (Wildman–Crippen LogP) is 3.80. The van der Waals surface area contributed by atoms with Crippen molar-refractivity contribution in [3.63, 3.8) is 0 Å². The molecule has 162 valence electrons. The monoisotopic (exact) mass is 431 g/mol. The zero-order valence-electron chi connectivity index (χ0n) is 16.1. The van der Waals surface area contributed by atoms with E-state index in [1.54, 1.807) is 0 Å². The van der Waals surface area contributed by atoms with Crippen molar-refractivity contribution in [3.05, 3.63) is 64.0 Å². The van der Waals surface area contributed by atoms with Gasteiger partial charge in [-0.3, -0.25) is 15.1 Å².